The van der Waals surface area contributed by atoms with E-state index in [-0.39, 0.29) is 16.5 Å². The zero-order valence-electron chi connectivity index (χ0n) is 10.0. The van der Waals surface area contributed by atoms with Crippen LogP contribution in [0.2, 0.25) is 0 Å². The van der Waals surface area contributed by atoms with E-state index in [1.807, 2.05) is 0 Å². The van der Waals surface area contributed by atoms with E-state index in [4.69, 9.17) is 0 Å². The largest absolute Gasteiger partial charge is 0.544 e. The summed E-state index contributed by atoms with van der Waals surface area (Å²) in [5.74, 6) is -0.257. The first-order chi connectivity index (χ1) is 8.74. The number of alkyl halides is 3. The molecule has 0 N–H and O–H groups in total. The van der Waals surface area contributed by atoms with Crippen LogP contribution >= 0.6 is 0 Å². The van der Waals surface area contributed by atoms with Crippen molar-refractivity contribution in [2.45, 2.75) is 13.3 Å². The lowest BCUT2D eigenvalue weighted by Crippen LogP contribution is -2.36. The fourth-order valence-electron chi connectivity index (χ4n) is 1.21. The van der Waals surface area contributed by atoms with Gasteiger partial charge in [0.2, 0.25) is 0 Å². The summed E-state index contributed by atoms with van der Waals surface area (Å²) in [6.45, 7) is 1.30. The van der Waals surface area contributed by atoms with Gasteiger partial charge in [-0.2, -0.15) is 4.84 Å². The van der Waals surface area contributed by atoms with Crippen LogP contribution in [-0.2, 0) is 9.57 Å². The molecule has 104 valence electrons. The molecule has 0 aliphatic rings. The molecule has 1 aromatic carbocycles. The number of ether oxygens (including phenoxy) is 1. The summed E-state index contributed by atoms with van der Waals surface area (Å²) in [6.07, 6.45) is -6.39. The number of carbonyl (C=O) groups excluding carboxylic acids is 2. The third-order valence-electron chi connectivity index (χ3n) is 2.04. The summed E-state index contributed by atoms with van der Waals surface area (Å²) in [5.41, 5.74) is 0.0785. The highest BCUT2D eigenvalue weighted by Crippen LogP contribution is 2.24. The second kappa shape index (κ2) is 5.70. The van der Waals surface area contributed by atoms with E-state index in [0.29, 0.717) is 5.56 Å². The van der Waals surface area contributed by atoms with Crippen molar-refractivity contribution in [3.8, 4) is 0 Å². The Bertz CT molecular complexity index is 470. The summed E-state index contributed by atoms with van der Waals surface area (Å²) in [4.78, 5) is 25.8. The molecule has 0 saturated carbocycles. The van der Waals surface area contributed by atoms with E-state index in [9.17, 15) is 22.8 Å². The van der Waals surface area contributed by atoms with Gasteiger partial charge in [-0.05, 0) is 31.2 Å². The van der Waals surface area contributed by atoms with Crippen molar-refractivity contribution in [1.82, 2.24) is 0 Å². The number of anilines is 1. The number of hydrogen-bond acceptors (Lipinski definition) is 4. The molecule has 1 amide bonds. The highest BCUT2D eigenvalue weighted by Gasteiger charge is 2.37. The monoisotopic (exact) mass is 277 g/mol. The molecule has 0 aliphatic carbocycles. The maximum atomic E-state index is 12.2. The predicted octanol–water partition coefficient (Wildman–Crippen LogP) is 2.91. The summed E-state index contributed by atoms with van der Waals surface area (Å²) in [6, 6.07) is 4.82. The minimum atomic E-state index is -5.05. The molecule has 0 heterocycles. The summed E-state index contributed by atoms with van der Waals surface area (Å²) in [5, 5.41) is -0.0517. The first-order valence-corrected chi connectivity index (χ1v) is 4.99. The van der Waals surface area contributed by atoms with E-state index in [0.717, 1.165) is 19.2 Å². The second-order valence-electron chi connectivity index (χ2n) is 3.40. The highest BCUT2D eigenvalue weighted by atomic mass is 19.4. The number of methoxy groups -OCH3 is 1. The van der Waals surface area contributed by atoms with Gasteiger partial charge in [0.25, 0.3) is 0 Å². The van der Waals surface area contributed by atoms with Gasteiger partial charge in [-0.1, -0.05) is 0 Å². The molecular formula is C11H10F3NO4. The Morgan fingerprint density at radius 3 is 2.05 bits per heavy atom. The number of nitrogens with zero attached hydrogens (tertiary/aromatic N) is 1. The van der Waals surface area contributed by atoms with E-state index in [1.165, 1.54) is 19.1 Å². The summed E-state index contributed by atoms with van der Waals surface area (Å²) < 4.78 is 40.7. The van der Waals surface area contributed by atoms with Gasteiger partial charge in [0, 0.05) is 5.56 Å². The molecular weight excluding hydrogens is 267 g/mol. The number of ketones is 1. The second-order valence-corrected chi connectivity index (χ2v) is 3.40. The highest BCUT2D eigenvalue weighted by molar-refractivity contribution is 5.95. The standard InChI is InChI=1S/C11H10F3NO4/c1-7(16)8-3-5-9(6-4-8)15(10(17)18-2)19-11(12,13)14/h3-6H,1-2H3. The van der Waals surface area contributed by atoms with E-state index >= 15 is 0 Å². The zero-order chi connectivity index (χ0) is 14.6. The lowest BCUT2D eigenvalue weighted by Gasteiger charge is -2.21. The van der Waals surface area contributed by atoms with Gasteiger partial charge in [0.05, 0.1) is 12.8 Å². The number of carbonyl (C=O) groups is 2. The van der Waals surface area contributed by atoms with E-state index in [1.54, 1.807) is 0 Å². The molecule has 5 nitrogen and oxygen atoms in total. The molecule has 1 aromatic rings. The maximum Gasteiger partial charge on any atom is 0.544 e. The van der Waals surface area contributed by atoms with Crippen LogP contribution in [-0.4, -0.2) is 25.3 Å². The molecule has 0 unspecified atom stereocenters. The Balaban J connectivity index is 3.04. The van der Waals surface area contributed by atoms with Gasteiger partial charge in [0.15, 0.2) is 5.78 Å². The van der Waals surface area contributed by atoms with Crippen LogP contribution in [0.25, 0.3) is 0 Å². The van der Waals surface area contributed by atoms with Crippen molar-refractivity contribution in [2.75, 3.05) is 12.2 Å². The SMILES string of the molecule is COC(=O)N(OC(F)(F)F)c1ccc(C(C)=O)cc1. The first kappa shape index (κ1) is 15.0. The molecule has 0 radical (unpaired) electrons. The summed E-state index contributed by atoms with van der Waals surface area (Å²) in [7, 11) is 0.916. The number of benzene rings is 1. The van der Waals surface area contributed by atoms with Crippen molar-refractivity contribution < 1.29 is 32.3 Å². The zero-order valence-corrected chi connectivity index (χ0v) is 10.0. The fraction of sp³-hybridized carbons (Fsp3) is 0.273. The predicted molar refractivity (Wildman–Crippen MR) is 58.5 cm³/mol. The van der Waals surface area contributed by atoms with Gasteiger partial charge < -0.3 is 4.74 Å². The average molecular weight is 277 g/mol. The van der Waals surface area contributed by atoms with Crippen LogP contribution < -0.4 is 5.06 Å². The van der Waals surface area contributed by atoms with Gasteiger partial charge in [-0.15, -0.1) is 18.2 Å². The van der Waals surface area contributed by atoms with E-state index in [2.05, 4.69) is 9.57 Å². The topological polar surface area (TPSA) is 55.8 Å². The minimum Gasteiger partial charge on any atom is -0.451 e. The quantitative estimate of drug-likeness (QED) is 0.629. The smallest absolute Gasteiger partial charge is 0.451 e. The maximum absolute atomic E-state index is 12.2. The van der Waals surface area contributed by atoms with Crippen LogP contribution in [0.15, 0.2) is 24.3 Å². The van der Waals surface area contributed by atoms with Crippen LogP contribution in [0, 0.1) is 0 Å². The number of hydroxylamine groups is 1. The third-order valence-corrected chi connectivity index (χ3v) is 2.04. The Morgan fingerprint density at radius 2 is 1.68 bits per heavy atom. The van der Waals surface area contributed by atoms with Crippen LogP contribution in [0.3, 0.4) is 0 Å². The molecule has 0 saturated heterocycles. The normalized spacial score (nSPS) is 11.0. The van der Waals surface area contributed by atoms with Gasteiger partial charge in [-0.25, -0.2) is 4.79 Å². The Morgan fingerprint density at radius 1 is 1.16 bits per heavy atom. The van der Waals surface area contributed by atoms with Crippen molar-refractivity contribution in [1.29, 1.82) is 0 Å². The Hall–Kier alpha value is -2.09. The molecule has 0 spiro atoms. The van der Waals surface area contributed by atoms with Gasteiger partial charge >= 0.3 is 12.5 Å². The fourth-order valence-corrected chi connectivity index (χ4v) is 1.21. The van der Waals surface area contributed by atoms with Gasteiger partial charge in [-0.3, -0.25) is 4.79 Å². The number of rotatable bonds is 3. The summed E-state index contributed by atoms with van der Waals surface area (Å²) >= 11 is 0. The Kier molecular flexibility index (Phi) is 4.49. The van der Waals surface area contributed by atoms with Crippen LogP contribution in [0.1, 0.15) is 17.3 Å². The molecule has 0 bridgehead atoms. The molecule has 0 aromatic heterocycles. The van der Waals surface area contributed by atoms with Crippen molar-refractivity contribution in [3.05, 3.63) is 29.8 Å². The lowest BCUT2D eigenvalue weighted by molar-refractivity contribution is -0.326. The molecule has 19 heavy (non-hydrogen) atoms. The molecule has 0 aliphatic heterocycles. The van der Waals surface area contributed by atoms with Crippen LogP contribution in [0.4, 0.5) is 23.7 Å². The number of halogens is 3. The molecule has 8 heteroatoms. The number of amides is 1. The lowest BCUT2D eigenvalue weighted by atomic mass is 10.1. The minimum absolute atomic E-state index is 0.0517. The number of Topliss-reactive ketones (excluding diaryl/α,β-unsaturated/α-hetero) is 1. The van der Waals surface area contributed by atoms with Gasteiger partial charge in [0.1, 0.15) is 0 Å². The average Bonchev–Trinajstić information content (AvgIpc) is 2.34. The Labute approximate surface area is 106 Å². The number of hydrogen-bond donors (Lipinski definition) is 0. The van der Waals surface area contributed by atoms with E-state index < -0.39 is 12.5 Å². The molecule has 1 rings (SSSR count). The van der Waals surface area contributed by atoms with Crippen molar-refractivity contribution >= 4 is 17.6 Å². The van der Waals surface area contributed by atoms with Crippen LogP contribution in [0.5, 0.6) is 0 Å². The first-order valence-electron chi connectivity index (χ1n) is 4.99. The van der Waals surface area contributed by atoms with Crippen molar-refractivity contribution in [2.24, 2.45) is 0 Å². The third kappa shape index (κ3) is 4.25. The molecule has 0 fully saturated rings. The molecule has 0 atom stereocenters. The van der Waals surface area contributed by atoms with Crippen molar-refractivity contribution in [3.63, 3.8) is 0 Å².